The van der Waals surface area contributed by atoms with Crippen LogP contribution in [0.3, 0.4) is 0 Å². The summed E-state index contributed by atoms with van der Waals surface area (Å²) >= 11 is 0. The number of nitrogens with zero attached hydrogens (tertiary/aromatic N) is 1. The summed E-state index contributed by atoms with van der Waals surface area (Å²) in [4.78, 5) is 14.2. The highest BCUT2D eigenvalue weighted by Crippen LogP contribution is 2.26. The zero-order chi connectivity index (χ0) is 20.1. The summed E-state index contributed by atoms with van der Waals surface area (Å²) < 4.78 is 37.3. The number of carbonyl (C=O) groups excluding carboxylic acids is 1. The molecule has 1 amide bonds. The van der Waals surface area contributed by atoms with Gasteiger partial charge in [0, 0.05) is 11.6 Å². The molecule has 0 radical (unpaired) electrons. The van der Waals surface area contributed by atoms with Gasteiger partial charge in [0.1, 0.15) is 5.82 Å². The standard InChI is InChI=1S/C20H22FN3O3S/c1-14(23-24-28(26,27)19-12-8-17(21)9-13-19)15-6-10-18(11-7-15)22-20(25)16-4-2-3-5-16/h6-13,16,24H,2-5H2,1H3,(H,22,25). The number of halogens is 1. The zero-order valence-electron chi connectivity index (χ0n) is 15.5. The number of nitrogens with one attached hydrogen (secondary N) is 2. The van der Waals surface area contributed by atoms with E-state index in [0.717, 1.165) is 37.8 Å². The van der Waals surface area contributed by atoms with Gasteiger partial charge in [-0.05, 0) is 61.7 Å². The Labute approximate surface area is 163 Å². The van der Waals surface area contributed by atoms with Crippen molar-refractivity contribution in [1.82, 2.24) is 4.83 Å². The van der Waals surface area contributed by atoms with Crippen LogP contribution in [0.5, 0.6) is 0 Å². The summed E-state index contributed by atoms with van der Waals surface area (Å²) in [6.45, 7) is 1.67. The zero-order valence-corrected chi connectivity index (χ0v) is 16.3. The van der Waals surface area contributed by atoms with Crippen molar-refractivity contribution in [2.24, 2.45) is 11.0 Å². The largest absolute Gasteiger partial charge is 0.326 e. The van der Waals surface area contributed by atoms with Crippen molar-refractivity contribution in [2.75, 3.05) is 5.32 Å². The summed E-state index contributed by atoms with van der Waals surface area (Å²) in [6.07, 6.45) is 4.06. The van der Waals surface area contributed by atoms with Gasteiger partial charge in [-0.2, -0.15) is 18.4 Å². The lowest BCUT2D eigenvalue weighted by Crippen LogP contribution is -2.20. The molecule has 6 nitrogen and oxygen atoms in total. The molecule has 0 saturated heterocycles. The van der Waals surface area contributed by atoms with Crippen molar-refractivity contribution < 1.29 is 17.6 Å². The summed E-state index contributed by atoms with van der Waals surface area (Å²) in [5.74, 6) is -0.384. The molecule has 1 saturated carbocycles. The first-order valence-electron chi connectivity index (χ1n) is 9.08. The van der Waals surface area contributed by atoms with Crippen molar-refractivity contribution >= 4 is 27.3 Å². The van der Waals surface area contributed by atoms with Gasteiger partial charge in [-0.1, -0.05) is 25.0 Å². The third-order valence-corrected chi connectivity index (χ3v) is 5.98. The molecule has 3 rings (SSSR count). The van der Waals surface area contributed by atoms with Gasteiger partial charge >= 0.3 is 0 Å². The Bertz CT molecular complexity index is 965. The number of rotatable bonds is 6. The van der Waals surface area contributed by atoms with Gasteiger partial charge in [-0.15, -0.1) is 0 Å². The fourth-order valence-electron chi connectivity index (χ4n) is 3.09. The number of hydrogen-bond acceptors (Lipinski definition) is 4. The monoisotopic (exact) mass is 403 g/mol. The van der Waals surface area contributed by atoms with Crippen LogP contribution in [0.15, 0.2) is 58.5 Å². The van der Waals surface area contributed by atoms with E-state index in [1.54, 1.807) is 31.2 Å². The number of amides is 1. The second kappa shape index (κ2) is 8.52. The maximum atomic E-state index is 12.9. The molecule has 28 heavy (non-hydrogen) atoms. The maximum Gasteiger partial charge on any atom is 0.276 e. The number of hydrogen-bond donors (Lipinski definition) is 2. The first-order chi connectivity index (χ1) is 13.3. The summed E-state index contributed by atoms with van der Waals surface area (Å²) in [6, 6.07) is 11.5. The third-order valence-electron chi connectivity index (χ3n) is 4.75. The second-order valence-corrected chi connectivity index (χ2v) is 8.45. The van der Waals surface area contributed by atoms with Crippen molar-refractivity contribution in [3.05, 3.63) is 59.9 Å². The smallest absolute Gasteiger partial charge is 0.276 e. The number of hydrazone groups is 1. The number of sulfonamides is 1. The van der Waals surface area contributed by atoms with Crippen LogP contribution < -0.4 is 10.1 Å². The molecular formula is C20H22FN3O3S. The first kappa shape index (κ1) is 20.0. The predicted molar refractivity (Wildman–Crippen MR) is 106 cm³/mol. The quantitative estimate of drug-likeness (QED) is 0.570. The molecule has 0 aromatic heterocycles. The Morgan fingerprint density at radius 1 is 1.04 bits per heavy atom. The van der Waals surface area contributed by atoms with Gasteiger partial charge in [-0.3, -0.25) is 4.79 Å². The topological polar surface area (TPSA) is 87.6 Å². The molecule has 1 fully saturated rings. The van der Waals surface area contributed by atoms with E-state index in [1.807, 2.05) is 0 Å². The summed E-state index contributed by atoms with van der Waals surface area (Å²) in [5.41, 5.74) is 1.86. The maximum absolute atomic E-state index is 12.9. The van der Waals surface area contributed by atoms with Crippen molar-refractivity contribution in [3.63, 3.8) is 0 Å². The summed E-state index contributed by atoms with van der Waals surface area (Å²) in [7, 11) is -3.87. The van der Waals surface area contributed by atoms with Crippen molar-refractivity contribution in [2.45, 2.75) is 37.5 Å². The van der Waals surface area contributed by atoms with Crippen LogP contribution in [0.25, 0.3) is 0 Å². The van der Waals surface area contributed by atoms with Gasteiger partial charge < -0.3 is 5.32 Å². The number of benzene rings is 2. The molecule has 0 unspecified atom stereocenters. The van der Waals surface area contributed by atoms with Crippen LogP contribution in [0, 0.1) is 11.7 Å². The highest BCUT2D eigenvalue weighted by molar-refractivity contribution is 7.89. The van der Waals surface area contributed by atoms with Crippen LogP contribution >= 0.6 is 0 Å². The minimum atomic E-state index is -3.87. The predicted octanol–water partition coefficient (Wildman–Crippen LogP) is 3.66. The van der Waals surface area contributed by atoms with Crippen LogP contribution in [-0.2, 0) is 14.8 Å². The second-order valence-electron chi connectivity index (χ2n) is 6.79. The molecule has 0 heterocycles. The van der Waals surface area contributed by atoms with Crippen LogP contribution in [0.4, 0.5) is 10.1 Å². The van der Waals surface area contributed by atoms with E-state index in [2.05, 4.69) is 15.2 Å². The van der Waals surface area contributed by atoms with E-state index in [-0.39, 0.29) is 16.7 Å². The minimum Gasteiger partial charge on any atom is -0.326 e. The van der Waals surface area contributed by atoms with E-state index in [9.17, 15) is 17.6 Å². The Morgan fingerprint density at radius 3 is 2.25 bits per heavy atom. The fraction of sp³-hybridized carbons (Fsp3) is 0.300. The number of anilines is 1. The third kappa shape index (κ3) is 4.95. The van der Waals surface area contributed by atoms with E-state index < -0.39 is 15.8 Å². The van der Waals surface area contributed by atoms with Crippen LogP contribution in [0.1, 0.15) is 38.2 Å². The lowest BCUT2D eigenvalue weighted by molar-refractivity contribution is -0.119. The van der Waals surface area contributed by atoms with Gasteiger partial charge in [0.15, 0.2) is 0 Å². The average molecular weight is 403 g/mol. The molecule has 2 aromatic carbocycles. The Balaban J connectivity index is 1.64. The fourth-order valence-corrected chi connectivity index (χ4v) is 3.94. The van der Waals surface area contributed by atoms with Gasteiger partial charge in [0.05, 0.1) is 10.6 Å². The Hall–Kier alpha value is -2.74. The molecule has 0 bridgehead atoms. The molecule has 0 atom stereocenters. The lowest BCUT2D eigenvalue weighted by Gasteiger charge is -2.11. The molecule has 148 valence electrons. The van der Waals surface area contributed by atoms with Gasteiger partial charge in [-0.25, -0.2) is 4.39 Å². The Morgan fingerprint density at radius 2 is 1.64 bits per heavy atom. The highest BCUT2D eigenvalue weighted by Gasteiger charge is 2.22. The molecule has 2 aromatic rings. The van der Waals surface area contributed by atoms with E-state index in [0.29, 0.717) is 17.0 Å². The molecule has 0 spiro atoms. The molecular weight excluding hydrogens is 381 g/mol. The molecule has 0 aliphatic heterocycles. The van der Waals surface area contributed by atoms with Crippen LogP contribution in [0.2, 0.25) is 0 Å². The SMILES string of the molecule is CC(=NNS(=O)(=O)c1ccc(F)cc1)c1ccc(NC(=O)C2CCCC2)cc1. The van der Waals surface area contributed by atoms with Gasteiger partial charge in [0.2, 0.25) is 5.91 Å². The molecule has 2 N–H and O–H groups in total. The molecule has 1 aliphatic carbocycles. The highest BCUT2D eigenvalue weighted by atomic mass is 32.2. The first-order valence-corrected chi connectivity index (χ1v) is 10.6. The van der Waals surface area contributed by atoms with E-state index in [4.69, 9.17) is 0 Å². The van der Waals surface area contributed by atoms with E-state index in [1.165, 1.54) is 12.1 Å². The minimum absolute atomic E-state index is 0.0442. The molecule has 1 aliphatic rings. The molecule has 8 heteroatoms. The van der Waals surface area contributed by atoms with Crippen molar-refractivity contribution in [1.29, 1.82) is 0 Å². The van der Waals surface area contributed by atoms with E-state index >= 15 is 0 Å². The van der Waals surface area contributed by atoms with Crippen molar-refractivity contribution in [3.8, 4) is 0 Å². The normalized spacial score (nSPS) is 15.4. The lowest BCUT2D eigenvalue weighted by atomic mass is 10.1. The Kier molecular flexibility index (Phi) is 6.08. The average Bonchev–Trinajstić information content (AvgIpc) is 3.22. The van der Waals surface area contributed by atoms with Crippen LogP contribution in [-0.4, -0.2) is 20.0 Å². The summed E-state index contributed by atoms with van der Waals surface area (Å²) in [5, 5.41) is 6.83. The number of carbonyl (C=O) groups is 1. The van der Waals surface area contributed by atoms with Gasteiger partial charge in [0.25, 0.3) is 10.0 Å².